The van der Waals surface area contributed by atoms with Gasteiger partial charge in [-0.15, -0.1) is 11.3 Å². The van der Waals surface area contributed by atoms with Crippen molar-refractivity contribution in [2.75, 3.05) is 11.9 Å². The number of thiazole rings is 1. The number of hydrogen-bond acceptors (Lipinski definition) is 7. The average molecular weight is 308 g/mol. The minimum absolute atomic E-state index is 0.0131. The molecule has 0 unspecified atom stereocenters. The van der Waals surface area contributed by atoms with E-state index in [1.165, 1.54) is 11.3 Å². The number of anilines is 1. The fraction of sp³-hybridized carbons (Fsp3) is 0.250. The summed E-state index contributed by atoms with van der Waals surface area (Å²) in [4.78, 5) is 44.4. The van der Waals surface area contributed by atoms with Crippen LogP contribution in [0.4, 0.5) is 5.13 Å². The van der Waals surface area contributed by atoms with E-state index in [2.05, 4.69) is 20.3 Å². The van der Waals surface area contributed by atoms with Gasteiger partial charge in [-0.1, -0.05) is 0 Å². The number of esters is 1. The number of nitrogens with zero attached hydrogens (tertiary/aromatic N) is 2. The third-order valence-corrected chi connectivity index (χ3v) is 3.12. The first-order valence-corrected chi connectivity index (χ1v) is 6.92. The first kappa shape index (κ1) is 14.9. The van der Waals surface area contributed by atoms with Crippen LogP contribution in [0.1, 0.15) is 23.1 Å². The van der Waals surface area contributed by atoms with Crippen molar-refractivity contribution in [1.29, 1.82) is 0 Å². The SMILES string of the molecule is CCOC(=O)Cc1csc(NC(=O)c2cc(=O)[nH]cn2)n1. The molecule has 0 radical (unpaired) electrons. The highest BCUT2D eigenvalue weighted by molar-refractivity contribution is 7.14. The Bertz CT molecular complexity index is 709. The van der Waals surface area contributed by atoms with E-state index < -0.39 is 11.5 Å². The summed E-state index contributed by atoms with van der Waals surface area (Å²) in [5, 5.41) is 4.48. The maximum Gasteiger partial charge on any atom is 0.311 e. The lowest BCUT2D eigenvalue weighted by Gasteiger charge is -2.00. The summed E-state index contributed by atoms with van der Waals surface area (Å²) in [6.45, 7) is 2.03. The van der Waals surface area contributed by atoms with Gasteiger partial charge in [0.25, 0.3) is 11.5 Å². The molecule has 2 rings (SSSR count). The lowest BCUT2D eigenvalue weighted by molar-refractivity contribution is -0.142. The van der Waals surface area contributed by atoms with Crippen molar-refractivity contribution < 1.29 is 14.3 Å². The summed E-state index contributed by atoms with van der Waals surface area (Å²) in [5.41, 5.74) is 0.0748. The van der Waals surface area contributed by atoms with Crippen molar-refractivity contribution in [2.24, 2.45) is 0 Å². The quantitative estimate of drug-likeness (QED) is 0.781. The molecule has 0 atom stereocenters. The third-order valence-electron chi connectivity index (χ3n) is 2.31. The normalized spacial score (nSPS) is 10.1. The number of H-pyrrole nitrogens is 1. The van der Waals surface area contributed by atoms with Crippen LogP contribution in [-0.4, -0.2) is 33.4 Å². The van der Waals surface area contributed by atoms with Crippen molar-refractivity contribution in [3.05, 3.63) is 39.5 Å². The molecule has 8 nitrogen and oxygen atoms in total. The molecule has 0 spiro atoms. The monoisotopic (exact) mass is 308 g/mol. The Morgan fingerprint density at radius 2 is 2.29 bits per heavy atom. The Labute approximate surface area is 123 Å². The van der Waals surface area contributed by atoms with Crippen molar-refractivity contribution in [1.82, 2.24) is 15.0 Å². The van der Waals surface area contributed by atoms with Crippen LogP contribution in [0, 0.1) is 0 Å². The van der Waals surface area contributed by atoms with Crippen LogP contribution in [0.3, 0.4) is 0 Å². The van der Waals surface area contributed by atoms with Gasteiger partial charge in [0.2, 0.25) is 0 Å². The van der Waals surface area contributed by atoms with Gasteiger partial charge in [-0.2, -0.15) is 0 Å². The molecule has 110 valence electrons. The topological polar surface area (TPSA) is 114 Å². The van der Waals surface area contributed by atoms with Crippen molar-refractivity contribution >= 4 is 28.3 Å². The molecular formula is C12H12N4O4S. The summed E-state index contributed by atoms with van der Waals surface area (Å²) in [7, 11) is 0. The molecule has 2 heterocycles. The van der Waals surface area contributed by atoms with Gasteiger partial charge < -0.3 is 9.72 Å². The maximum atomic E-state index is 11.8. The van der Waals surface area contributed by atoms with Crippen molar-refractivity contribution in [2.45, 2.75) is 13.3 Å². The smallest absolute Gasteiger partial charge is 0.311 e. The molecule has 2 aromatic heterocycles. The third kappa shape index (κ3) is 4.21. The average Bonchev–Trinajstić information content (AvgIpc) is 2.86. The van der Waals surface area contributed by atoms with Gasteiger partial charge in [0.15, 0.2) is 5.13 Å². The van der Waals surface area contributed by atoms with Gasteiger partial charge in [-0.25, -0.2) is 9.97 Å². The van der Waals surface area contributed by atoms with E-state index in [9.17, 15) is 14.4 Å². The number of amides is 1. The summed E-state index contributed by atoms with van der Waals surface area (Å²) < 4.78 is 4.81. The zero-order valence-corrected chi connectivity index (χ0v) is 11.9. The first-order chi connectivity index (χ1) is 10.1. The zero-order valence-electron chi connectivity index (χ0n) is 11.1. The minimum Gasteiger partial charge on any atom is -0.466 e. The van der Waals surface area contributed by atoms with Crippen LogP contribution in [0.25, 0.3) is 0 Å². The first-order valence-electron chi connectivity index (χ1n) is 6.04. The highest BCUT2D eigenvalue weighted by Crippen LogP contribution is 2.16. The number of hydrogen-bond donors (Lipinski definition) is 2. The number of carbonyl (C=O) groups excluding carboxylic acids is 2. The minimum atomic E-state index is -0.543. The predicted octanol–water partition coefficient (Wildman–Crippen LogP) is 0.584. The number of nitrogens with one attached hydrogen (secondary N) is 2. The molecule has 9 heteroatoms. The second-order valence-electron chi connectivity index (χ2n) is 3.88. The molecule has 2 aromatic rings. The van der Waals surface area contributed by atoms with Crippen LogP contribution in [-0.2, 0) is 16.0 Å². The Morgan fingerprint density at radius 1 is 1.48 bits per heavy atom. The van der Waals surface area contributed by atoms with Gasteiger partial charge in [0, 0.05) is 11.4 Å². The van der Waals surface area contributed by atoms with Crippen molar-refractivity contribution in [3.8, 4) is 0 Å². The molecule has 1 amide bonds. The molecule has 0 aromatic carbocycles. The van der Waals surface area contributed by atoms with E-state index in [-0.39, 0.29) is 18.1 Å². The van der Waals surface area contributed by atoms with E-state index in [0.717, 1.165) is 12.4 Å². The fourth-order valence-corrected chi connectivity index (χ4v) is 2.16. The lowest BCUT2D eigenvalue weighted by atomic mass is 10.3. The Hall–Kier alpha value is -2.55. The number of aromatic amines is 1. The number of carbonyl (C=O) groups is 2. The maximum absolute atomic E-state index is 11.8. The van der Waals surface area contributed by atoms with Gasteiger partial charge in [0.05, 0.1) is 25.0 Å². The van der Waals surface area contributed by atoms with Crippen molar-refractivity contribution in [3.63, 3.8) is 0 Å². The summed E-state index contributed by atoms with van der Waals surface area (Å²) in [6.07, 6.45) is 1.19. The van der Waals surface area contributed by atoms with Crippen LogP contribution < -0.4 is 10.9 Å². The number of aromatic nitrogens is 3. The van der Waals surface area contributed by atoms with E-state index in [1.54, 1.807) is 12.3 Å². The Balaban J connectivity index is 2.00. The molecule has 0 fully saturated rings. The molecular weight excluding hydrogens is 296 g/mol. The van der Waals surface area contributed by atoms with Gasteiger partial charge in [-0.3, -0.25) is 19.7 Å². The van der Waals surface area contributed by atoms with Crippen LogP contribution in [0.2, 0.25) is 0 Å². The number of ether oxygens (including phenoxy) is 1. The molecule has 21 heavy (non-hydrogen) atoms. The standard InChI is InChI=1S/C12H12N4O4S/c1-2-20-10(18)3-7-5-21-12(15-7)16-11(19)8-4-9(17)14-6-13-8/h4-6H,2-3H2,1H3,(H,13,14,17)(H,15,16,19). The van der Waals surface area contributed by atoms with E-state index >= 15 is 0 Å². The molecule has 2 N–H and O–H groups in total. The fourth-order valence-electron chi connectivity index (χ4n) is 1.46. The van der Waals surface area contributed by atoms with Gasteiger partial charge in [-0.05, 0) is 6.92 Å². The van der Waals surface area contributed by atoms with E-state index in [1.807, 2.05) is 0 Å². The number of rotatable bonds is 5. The zero-order chi connectivity index (χ0) is 15.2. The molecule has 0 aliphatic rings. The summed E-state index contributed by atoms with van der Waals surface area (Å²) >= 11 is 1.17. The van der Waals surface area contributed by atoms with Gasteiger partial charge >= 0.3 is 5.97 Å². The van der Waals surface area contributed by atoms with Crippen LogP contribution in [0.15, 0.2) is 22.6 Å². The predicted molar refractivity (Wildman–Crippen MR) is 75.3 cm³/mol. The summed E-state index contributed by atoms with van der Waals surface area (Å²) in [5.74, 6) is -0.921. The van der Waals surface area contributed by atoms with Crippen LogP contribution in [0.5, 0.6) is 0 Å². The highest BCUT2D eigenvalue weighted by atomic mass is 32.1. The second kappa shape index (κ2) is 6.75. The largest absolute Gasteiger partial charge is 0.466 e. The molecule has 0 bridgehead atoms. The summed E-state index contributed by atoms with van der Waals surface area (Å²) in [6, 6.07) is 1.09. The molecule has 0 aliphatic carbocycles. The highest BCUT2D eigenvalue weighted by Gasteiger charge is 2.12. The van der Waals surface area contributed by atoms with Crippen LogP contribution >= 0.6 is 11.3 Å². The Morgan fingerprint density at radius 3 is 3.00 bits per heavy atom. The molecule has 0 aliphatic heterocycles. The molecule has 0 saturated heterocycles. The lowest BCUT2D eigenvalue weighted by Crippen LogP contribution is -2.17. The Kier molecular flexibility index (Phi) is 4.77. The van der Waals surface area contributed by atoms with E-state index in [4.69, 9.17) is 4.74 Å². The van der Waals surface area contributed by atoms with Gasteiger partial charge in [0.1, 0.15) is 5.69 Å². The molecule has 0 saturated carbocycles. The van der Waals surface area contributed by atoms with E-state index in [0.29, 0.717) is 17.4 Å². The second-order valence-corrected chi connectivity index (χ2v) is 4.73.